The summed E-state index contributed by atoms with van der Waals surface area (Å²) in [4.78, 5) is 17.1. The number of nitrogens with one attached hydrogen (secondary N) is 1. The molecule has 2 aromatic rings. The van der Waals surface area contributed by atoms with Crippen LogP contribution in [0.2, 0.25) is 0 Å². The van der Waals surface area contributed by atoms with E-state index in [1.165, 1.54) is 28.8 Å². The molecule has 1 amide bonds. The van der Waals surface area contributed by atoms with Gasteiger partial charge in [0.05, 0.1) is 6.04 Å². The number of carbonyl (C=O) groups is 1. The third-order valence-corrected chi connectivity index (χ3v) is 5.69. The van der Waals surface area contributed by atoms with Crippen LogP contribution in [0.15, 0.2) is 36.4 Å². The van der Waals surface area contributed by atoms with Crippen molar-refractivity contribution in [3.05, 3.63) is 64.2 Å². The molecular formula is C23H31N3O. The monoisotopic (exact) mass is 365 g/mol. The van der Waals surface area contributed by atoms with Gasteiger partial charge < -0.3 is 15.1 Å². The Balaban J connectivity index is 1.74. The minimum atomic E-state index is -0.0114. The van der Waals surface area contributed by atoms with Crippen molar-refractivity contribution in [2.75, 3.05) is 39.1 Å². The van der Waals surface area contributed by atoms with Crippen LogP contribution >= 0.6 is 0 Å². The first kappa shape index (κ1) is 19.4. The molecule has 4 heteroatoms. The summed E-state index contributed by atoms with van der Waals surface area (Å²) in [5.41, 5.74) is 7.08. The SMILES string of the molecule is Cc1ccc(C(=O)NC[C@@H](c2ccc3c(c2)CCCN3C)N(C)C)cc1C. The average molecular weight is 366 g/mol. The molecule has 144 valence electrons. The number of anilines is 1. The van der Waals surface area contributed by atoms with E-state index < -0.39 is 0 Å². The van der Waals surface area contributed by atoms with Crippen molar-refractivity contribution in [1.82, 2.24) is 10.2 Å². The number of hydrogen-bond acceptors (Lipinski definition) is 3. The van der Waals surface area contributed by atoms with Crippen LogP contribution in [0.3, 0.4) is 0 Å². The predicted molar refractivity (Wildman–Crippen MR) is 113 cm³/mol. The summed E-state index contributed by atoms with van der Waals surface area (Å²) in [5.74, 6) is -0.0114. The lowest BCUT2D eigenvalue weighted by molar-refractivity contribution is 0.0942. The van der Waals surface area contributed by atoms with E-state index in [9.17, 15) is 4.79 Å². The van der Waals surface area contributed by atoms with E-state index in [0.717, 1.165) is 24.1 Å². The number of benzene rings is 2. The number of aryl methyl sites for hydroxylation is 3. The fourth-order valence-electron chi connectivity index (χ4n) is 3.79. The second-order valence-corrected chi connectivity index (χ2v) is 7.90. The van der Waals surface area contributed by atoms with Gasteiger partial charge in [-0.05, 0) is 81.2 Å². The van der Waals surface area contributed by atoms with Crippen molar-refractivity contribution in [1.29, 1.82) is 0 Å². The standard InChI is InChI=1S/C23H31N3O/c1-16-8-9-20(13-17(16)2)23(27)24-15-22(25(3)4)19-10-11-21-18(14-19)7-6-12-26(21)5/h8-11,13-14,22H,6-7,12,15H2,1-5H3,(H,24,27)/t22-/m0/s1. The number of rotatable bonds is 5. The molecule has 1 N–H and O–H groups in total. The quantitative estimate of drug-likeness (QED) is 0.877. The summed E-state index contributed by atoms with van der Waals surface area (Å²) in [7, 11) is 6.29. The van der Waals surface area contributed by atoms with E-state index in [2.05, 4.69) is 61.4 Å². The van der Waals surface area contributed by atoms with Gasteiger partial charge in [-0.3, -0.25) is 4.79 Å². The maximum Gasteiger partial charge on any atom is 0.251 e. The maximum atomic E-state index is 12.6. The summed E-state index contributed by atoms with van der Waals surface area (Å²) >= 11 is 0. The Morgan fingerprint density at radius 1 is 1.15 bits per heavy atom. The lowest BCUT2D eigenvalue weighted by Gasteiger charge is -2.30. The fraction of sp³-hybridized carbons (Fsp3) is 0.435. The second-order valence-electron chi connectivity index (χ2n) is 7.90. The molecule has 0 spiro atoms. The molecule has 1 heterocycles. The molecule has 2 aromatic carbocycles. The first-order valence-electron chi connectivity index (χ1n) is 9.72. The smallest absolute Gasteiger partial charge is 0.251 e. The second kappa shape index (κ2) is 8.13. The molecule has 0 saturated carbocycles. The lowest BCUT2D eigenvalue weighted by Crippen LogP contribution is -2.35. The van der Waals surface area contributed by atoms with Gasteiger partial charge >= 0.3 is 0 Å². The third kappa shape index (κ3) is 4.33. The molecule has 1 aliphatic heterocycles. The Morgan fingerprint density at radius 2 is 1.93 bits per heavy atom. The van der Waals surface area contributed by atoms with E-state index in [1.54, 1.807) is 0 Å². The van der Waals surface area contributed by atoms with Crippen molar-refractivity contribution in [3.63, 3.8) is 0 Å². The third-order valence-electron chi connectivity index (χ3n) is 5.69. The number of hydrogen-bond donors (Lipinski definition) is 1. The first-order chi connectivity index (χ1) is 12.9. The van der Waals surface area contributed by atoms with Crippen molar-refractivity contribution in [3.8, 4) is 0 Å². The highest BCUT2D eigenvalue weighted by Gasteiger charge is 2.20. The molecule has 0 aromatic heterocycles. The number of fused-ring (bicyclic) bond motifs is 1. The molecule has 1 atom stereocenters. The minimum Gasteiger partial charge on any atom is -0.374 e. The van der Waals surface area contributed by atoms with Gasteiger partial charge in [0.15, 0.2) is 0 Å². The van der Waals surface area contributed by atoms with Gasteiger partial charge in [0.2, 0.25) is 0 Å². The maximum absolute atomic E-state index is 12.6. The largest absolute Gasteiger partial charge is 0.374 e. The molecule has 4 nitrogen and oxygen atoms in total. The zero-order valence-corrected chi connectivity index (χ0v) is 17.2. The number of nitrogens with zero attached hydrogens (tertiary/aromatic N) is 2. The van der Waals surface area contributed by atoms with Crippen LogP contribution in [0.5, 0.6) is 0 Å². The molecular weight excluding hydrogens is 334 g/mol. The van der Waals surface area contributed by atoms with E-state index in [-0.39, 0.29) is 11.9 Å². The van der Waals surface area contributed by atoms with Crippen molar-refractivity contribution < 1.29 is 4.79 Å². The number of likely N-dealkylation sites (N-methyl/N-ethyl adjacent to an activating group) is 1. The van der Waals surface area contributed by atoms with Gasteiger partial charge in [0.25, 0.3) is 5.91 Å². The van der Waals surface area contributed by atoms with Gasteiger partial charge in [0.1, 0.15) is 0 Å². The zero-order chi connectivity index (χ0) is 19.6. The summed E-state index contributed by atoms with van der Waals surface area (Å²) in [6, 6.07) is 12.8. The molecule has 0 unspecified atom stereocenters. The topological polar surface area (TPSA) is 35.6 Å². The summed E-state index contributed by atoms with van der Waals surface area (Å²) < 4.78 is 0. The van der Waals surface area contributed by atoms with E-state index in [4.69, 9.17) is 0 Å². The van der Waals surface area contributed by atoms with Crippen LogP contribution in [-0.2, 0) is 6.42 Å². The number of carbonyl (C=O) groups excluding carboxylic acids is 1. The number of amides is 1. The highest BCUT2D eigenvalue weighted by atomic mass is 16.1. The lowest BCUT2D eigenvalue weighted by atomic mass is 9.96. The normalized spacial score (nSPS) is 14.8. The predicted octanol–water partition coefficient (Wildman–Crippen LogP) is 3.72. The Hall–Kier alpha value is -2.33. The van der Waals surface area contributed by atoms with Crippen LogP contribution in [0, 0.1) is 13.8 Å². The van der Waals surface area contributed by atoms with E-state index in [1.807, 2.05) is 25.1 Å². The van der Waals surface area contributed by atoms with Gasteiger partial charge in [-0.15, -0.1) is 0 Å². The zero-order valence-electron chi connectivity index (χ0n) is 17.2. The van der Waals surface area contributed by atoms with Crippen LogP contribution in [0.1, 0.15) is 45.1 Å². The molecule has 1 aliphatic rings. The van der Waals surface area contributed by atoms with Crippen molar-refractivity contribution in [2.45, 2.75) is 32.7 Å². The van der Waals surface area contributed by atoms with Crippen molar-refractivity contribution in [2.24, 2.45) is 0 Å². The summed E-state index contributed by atoms with van der Waals surface area (Å²) in [6.07, 6.45) is 2.33. The molecule has 0 saturated heterocycles. The van der Waals surface area contributed by atoms with Gasteiger partial charge in [0, 0.05) is 31.4 Å². The fourth-order valence-corrected chi connectivity index (χ4v) is 3.79. The van der Waals surface area contributed by atoms with Crippen molar-refractivity contribution >= 4 is 11.6 Å². The minimum absolute atomic E-state index is 0.0114. The molecule has 0 radical (unpaired) electrons. The van der Waals surface area contributed by atoms with Crippen LogP contribution in [0.4, 0.5) is 5.69 Å². The molecule has 0 aliphatic carbocycles. The highest BCUT2D eigenvalue weighted by molar-refractivity contribution is 5.94. The van der Waals surface area contributed by atoms with E-state index in [0.29, 0.717) is 6.54 Å². The Morgan fingerprint density at radius 3 is 2.63 bits per heavy atom. The van der Waals surface area contributed by atoms with Gasteiger partial charge in [-0.2, -0.15) is 0 Å². The van der Waals surface area contributed by atoms with Gasteiger partial charge in [-0.1, -0.05) is 18.2 Å². The Labute approximate surface area is 163 Å². The molecule has 0 bridgehead atoms. The summed E-state index contributed by atoms with van der Waals surface area (Å²) in [6.45, 7) is 5.81. The Kier molecular flexibility index (Phi) is 5.85. The van der Waals surface area contributed by atoms with Crippen LogP contribution in [0.25, 0.3) is 0 Å². The summed E-state index contributed by atoms with van der Waals surface area (Å²) in [5, 5.41) is 3.12. The van der Waals surface area contributed by atoms with Crippen LogP contribution < -0.4 is 10.2 Å². The first-order valence-corrected chi connectivity index (χ1v) is 9.72. The Bertz CT molecular complexity index is 828. The van der Waals surface area contributed by atoms with Crippen LogP contribution in [-0.4, -0.2) is 45.0 Å². The van der Waals surface area contributed by atoms with Gasteiger partial charge in [-0.25, -0.2) is 0 Å². The molecule has 0 fully saturated rings. The highest BCUT2D eigenvalue weighted by Crippen LogP contribution is 2.30. The average Bonchev–Trinajstić information content (AvgIpc) is 2.64. The van der Waals surface area contributed by atoms with E-state index >= 15 is 0 Å². The molecule has 27 heavy (non-hydrogen) atoms. The molecule has 3 rings (SSSR count).